The lowest BCUT2D eigenvalue weighted by molar-refractivity contribution is -0.240. The van der Waals surface area contributed by atoms with Gasteiger partial charge in [0, 0.05) is 0 Å². The van der Waals surface area contributed by atoms with Gasteiger partial charge in [-0.05, 0) is 49.4 Å². The molecule has 4 aliphatic carbocycles. The Morgan fingerprint density at radius 3 is 1.83 bits per heavy atom. The Labute approximate surface area is 109 Å². The number of aliphatic carboxylic acids is 1. The van der Waals surface area contributed by atoms with Crippen molar-refractivity contribution in [2.24, 2.45) is 16.2 Å². The van der Waals surface area contributed by atoms with Crippen LogP contribution in [0.4, 0.5) is 0 Å². The molecule has 4 saturated carbocycles. The van der Waals surface area contributed by atoms with E-state index in [0.717, 1.165) is 44.9 Å². The van der Waals surface area contributed by atoms with E-state index in [0.29, 0.717) is 6.42 Å². The van der Waals surface area contributed by atoms with Crippen molar-refractivity contribution in [1.82, 2.24) is 0 Å². The molecule has 4 rings (SSSR count). The number of carbonyl (C=O) groups is 1. The van der Waals surface area contributed by atoms with Gasteiger partial charge in [-0.3, -0.25) is 4.79 Å². The molecule has 4 bridgehead atoms. The zero-order chi connectivity index (χ0) is 13.2. The van der Waals surface area contributed by atoms with Gasteiger partial charge in [0.05, 0.1) is 11.0 Å². The van der Waals surface area contributed by atoms with Crippen LogP contribution in [-0.2, 0) is 4.79 Å². The second-order valence-electron chi connectivity index (χ2n) is 7.58. The zero-order valence-electron chi connectivity index (χ0n) is 11.5. The molecule has 0 aromatic carbocycles. The molecular formula is C15H24O3. The van der Waals surface area contributed by atoms with E-state index < -0.39 is 17.0 Å². The monoisotopic (exact) mass is 252 g/mol. The number of hydrogen-bond donors (Lipinski definition) is 2. The maximum absolute atomic E-state index is 11.8. The minimum atomic E-state index is -0.709. The Bertz CT molecular complexity index is 381. The molecule has 0 aliphatic heterocycles. The molecule has 0 amide bonds. The summed E-state index contributed by atoms with van der Waals surface area (Å²) in [6, 6.07) is 0. The third-order valence-electron chi connectivity index (χ3n) is 6.21. The van der Waals surface area contributed by atoms with E-state index in [1.807, 2.05) is 0 Å². The molecule has 0 heterocycles. The minimum Gasteiger partial charge on any atom is -0.481 e. The zero-order valence-corrected chi connectivity index (χ0v) is 11.5. The first-order valence-electron chi connectivity index (χ1n) is 7.27. The van der Waals surface area contributed by atoms with Crippen molar-refractivity contribution in [3.63, 3.8) is 0 Å². The summed E-state index contributed by atoms with van der Waals surface area (Å²) in [7, 11) is 0. The SMILES string of the molecule is CCC12CC3(O)CC(CC)(C1)CC(C(=O)O)(C3)C2. The predicted molar refractivity (Wildman–Crippen MR) is 68.2 cm³/mol. The standard InChI is InChI=1S/C15H24O3/c1-3-12-5-13(4-2)7-14(6-12,11(16)17)10-15(18,8-12)9-13/h18H,3-10H2,1-2H3,(H,16,17). The Kier molecular flexibility index (Phi) is 2.28. The first-order valence-corrected chi connectivity index (χ1v) is 7.27. The molecule has 0 saturated heterocycles. The highest BCUT2D eigenvalue weighted by Gasteiger charge is 2.69. The molecule has 2 N–H and O–H groups in total. The largest absolute Gasteiger partial charge is 0.481 e. The molecule has 0 aromatic rings. The average Bonchev–Trinajstić information content (AvgIpc) is 2.26. The minimum absolute atomic E-state index is 0.0813. The van der Waals surface area contributed by atoms with Gasteiger partial charge >= 0.3 is 5.97 Å². The van der Waals surface area contributed by atoms with E-state index >= 15 is 0 Å². The van der Waals surface area contributed by atoms with E-state index in [-0.39, 0.29) is 10.8 Å². The average molecular weight is 252 g/mol. The summed E-state index contributed by atoms with van der Waals surface area (Å²) in [5.74, 6) is -0.671. The molecule has 0 radical (unpaired) electrons. The number of aliphatic hydroxyl groups is 1. The van der Waals surface area contributed by atoms with Crippen molar-refractivity contribution in [2.45, 2.75) is 70.8 Å². The number of rotatable bonds is 3. The third-order valence-corrected chi connectivity index (χ3v) is 6.21. The maximum atomic E-state index is 11.8. The van der Waals surface area contributed by atoms with Crippen LogP contribution in [0.2, 0.25) is 0 Å². The number of hydrogen-bond acceptors (Lipinski definition) is 2. The normalized spacial score (nSPS) is 53.7. The van der Waals surface area contributed by atoms with Gasteiger partial charge in [0.2, 0.25) is 0 Å². The smallest absolute Gasteiger partial charge is 0.309 e. The first-order chi connectivity index (χ1) is 8.31. The Balaban J connectivity index is 2.10. The summed E-state index contributed by atoms with van der Waals surface area (Å²) in [5, 5.41) is 20.5. The number of carboxylic acids is 1. The molecule has 0 spiro atoms. The predicted octanol–water partition coefficient (Wildman–Crippen LogP) is 2.96. The summed E-state index contributed by atoms with van der Waals surface area (Å²) in [6.07, 6.45) is 6.85. The van der Waals surface area contributed by atoms with Gasteiger partial charge < -0.3 is 10.2 Å². The fraction of sp³-hybridized carbons (Fsp3) is 0.933. The molecule has 18 heavy (non-hydrogen) atoms. The summed E-state index contributed by atoms with van der Waals surface area (Å²) in [6.45, 7) is 4.32. The Morgan fingerprint density at radius 2 is 1.44 bits per heavy atom. The van der Waals surface area contributed by atoms with Crippen LogP contribution in [0, 0.1) is 16.2 Å². The van der Waals surface area contributed by atoms with E-state index in [9.17, 15) is 15.0 Å². The fourth-order valence-electron chi connectivity index (χ4n) is 5.98. The molecule has 4 fully saturated rings. The van der Waals surface area contributed by atoms with Gasteiger partial charge in [-0.1, -0.05) is 26.7 Å². The van der Waals surface area contributed by atoms with Gasteiger partial charge in [0.25, 0.3) is 0 Å². The molecule has 3 nitrogen and oxygen atoms in total. The van der Waals surface area contributed by atoms with Crippen molar-refractivity contribution in [3.8, 4) is 0 Å². The van der Waals surface area contributed by atoms with Crippen molar-refractivity contribution in [3.05, 3.63) is 0 Å². The van der Waals surface area contributed by atoms with Crippen molar-refractivity contribution >= 4 is 5.97 Å². The molecule has 2 unspecified atom stereocenters. The van der Waals surface area contributed by atoms with Gasteiger partial charge in [0.15, 0.2) is 0 Å². The number of carboxylic acid groups (broad SMARTS) is 1. The quantitative estimate of drug-likeness (QED) is 0.812. The van der Waals surface area contributed by atoms with Crippen LogP contribution in [-0.4, -0.2) is 21.8 Å². The second-order valence-corrected chi connectivity index (χ2v) is 7.58. The third kappa shape index (κ3) is 1.43. The molecule has 0 aromatic heterocycles. The molecule has 102 valence electrons. The maximum Gasteiger partial charge on any atom is 0.309 e. The highest BCUT2D eigenvalue weighted by Crippen LogP contribution is 2.72. The highest BCUT2D eigenvalue weighted by atomic mass is 16.4. The van der Waals surface area contributed by atoms with Crippen LogP contribution < -0.4 is 0 Å². The Hall–Kier alpha value is -0.570. The van der Waals surface area contributed by atoms with Crippen LogP contribution >= 0.6 is 0 Å². The van der Waals surface area contributed by atoms with E-state index in [1.54, 1.807) is 0 Å². The van der Waals surface area contributed by atoms with Crippen LogP contribution in [0.25, 0.3) is 0 Å². The van der Waals surface area contributed by atoms with Gasteiger partial charge in [-0.2, -0.15) is 0 Å². The van der Waals surface area contributed by atoms with Gasteiger partial charge in [0.1, 0.15) is 0 Å². The van der Waals surface area contributed by atoms with Crippen LogP contribution in [0.15, 0.2) is 0 Å². The summed E-state index contributed by atoms with van der Waals surface area (Å²) < 4.78 is 0. The van der Waals surface area contributed by atoms with E-state index in [1.165, 1.54) is 0 Å². The molecule has 4 aliphatic rings. The summed E-state index contributed by atoms with van der Waals surface area (Å²) in [5.41, 5.74) is -1.19. The topological polar surface area (TPSA) is 57.5 Å². The van der Waals surface area contributed by atoms with Crippen molar-refractivity contribution in [2.75, 3.05) is 0 Å². The highest BCUT2D eigenvalue weighted by molar-refractivity contribution is 5.76. The van der Waals surface area contributed by atoms with Crippen LogP contribution in [0.3, 0.4) is 0 Å². The van der Waals surface area contributed by atoms with Crippen LogP contribution in [0.1, 0.15) is 65.2 Å². The van der Waals surface area contributed by atoms with E-state index in [4.69, 9.17) is 0 Å². The van der Waals surface area contributed by atoms with Gasteiger partial charge in [-0.25, -0.2) is 0 Å². The summed E-state index contributed by atoms with van der Waals surface area (Å²) in [4.78, 5) is 11.8. The fourth-order valence-corrected chi connectivity index (χ4v) is 5.98. The van der Waals surface area contributed by atoms with E-state index in [2.05, 4.69) is 13.8 Å². The molecule has 3 heteroatoms. The second kappa shape index (κ2) is 3.30. The lowest BCUT2D eigenvalue weighted by atomic mass is 9.37. The van der Waals surface area contributed by atoms with Crippen molar-refractivity contribution in [1.29, 1.82) is 0 Å². The molecule has 2 atom stereocenters. The lowest BCUT2D eigenvalue weighted by Crippen LogP contribution is -2.65. The first kappa shape index (κ1) is 12.5. The van der Waals surface area contributed by atoms with Crippen molar-refractivity contribution < 1.29 is 15.0 Å². The van der Waals surface area contributed by atoms with Crippen LogP contribution in [0.5, 0.6) is 0 Å². The molecular weight excluding hydrogens is 228 g/mol. The summed E-state index contributed by atoms with van der Waals surface area (Å²) >= 11 is 0. The van der Waals surface area contributed by atoms with Gasteiger partial charge in [-0.15, -0.1) is 0 Å². The Morgan fingerprint density at radius 1 is 0.944 bits per heavy atom. The lowest BCUT2D eigenvalue weighted by Gasteiger charge is -2.68.